The normalized spacial score (nSPS) is 24.5. The Bertz CT molecular complexity index is 748. The summed E-state index contributed by atoms with van der Waals surface area (Å²) < 4.78 is 34.2. The standard InChI is InChI=1S/C22H41N5O5S/c1-3-32-22(29)25-14-16-26(17-15-25)33(30,31)27-11-4-6-20(18-27)21(28)23-9-5-10-24-12-7-19(2)8-13-24/h19-20H,3-18H2,1-2H3,(H,23,28)/t20-/m1/s1. The van der Waals surface area contributed by atoms with E-state index in [1.54, 1.807) is 6.92 Å². The molecule has 33 heavy (non-hydrogen) atoms. The van der Waals surface area contributed by atoms with Gasteiger partial charge in [-0.05, 0) is 64.6 Å². The minimum atomic E-state index is -3.66. The number of amides is 2. The second-order valence-corrected chi connectivity index (χ2v) is 11.4. The van der Waals surface area contributed by atoms with E-state index in [-0.39, 0.29) is 31.5 Å². The van der Waals surface area contributed by atoms with Crippen LogP contribution < -0.4 is 5.32 Å². The molecule has 0 unspecified atom stereocenters. The number of carbonyl (C=O) groups is 2. The number of nitrogens with zero attached hydrogens (tertiary/aromatic N) is 4. The molecule has 1 N–H and O–H groups in total. The van der Waals surface area contributed by atoms with E-state index >= 15 is 0 Å². The predicted octanol–water partition coefficient (Wildman–Crippen LogP) is 0.956. The summed E-state index contributed by atoms with van der Waals surface area (Å²) in [5.74, 6) is 0.451. The molecule has 0 bridgehead atoms. The first-order chi connectivity index (χ1) is 15.8. The summed E-state index contributed by atoms with van der Waals surface area (Å²) in [5.41, 5.74) is 0. The number of piperazine rings is 1. The maximum Gasteiger partial charge on any atom is 0.409 e. The van der Waals surface area contributed by atoms with E-state index in [4.69, 9.17) is 4.74 Å². The zero-order valence-corrected chi connectivity index (χ0v) is 21.0. The molecule has 0 aromatic heterocycles. The second-order valence-electron chi connectivity index (χ2n) is 9.46. The van der Waals surface area contributed by atoms with Gasteiger partial charge in [-0.15, -0.1) is 0 Å². The van der Waals surface area contributed by atoms with Gasteiger partial charge in [0.2, 0.25) is 5.91 Å². The summed E-state index contributed by atoms with van der Waals surface area (Å²) in [6.45, 7) is 9.99. The van der Waals surface area contributed by atoms with E-state index in [0.29, 0.717) is 45.6 Å². The van der Waals surface area contributed by atoms with Crippen LogP contribution in [0.4, 0.5) is 4.79 Å². The van der Waals surface area contributed by atoms with Crippen LogP contribution in [0.1, 0.15) is 46.0 Å². The zero-order chi connectivity index (χ0) is 23.8. The molecule has 3 saturated heterocycles. The summed E-state index contributed by atoms with van der Waals surface area (Å²) in [6.07, 6.45) is 4.39. The summed E-state index contributed by atoms with van der Waals surface area (Å²) >= 11 is 0. The molecule has 0 aliphatic carbocycles. The van der Waals surface area contributed by atoms with Gasteiger partial charge in [0.1, 0.15) is 0 Å². The summed E-state index contributed by atoms with van der Waals surface area (Å²) in [5, 5.41) is 3.02. The van der Waals surface area contributed by atoms with Crippen LogP contribution in [-0.4, -0.2) is 111 Å². The Morgan fingerprint density at radius 2 is 1.67 bits per heavy atom. The highest BCUT2D eigenvalue weighted by molar-refractivity contribution is 7.86. The Hall–Kier alpha value is -1.43. The number of likely N-dealkylation sites (tertiary alicyclic amines) is 1. The fraction of sp³-hybridized carbons (Fsp3) is 0.909. The van der Waals surface area contributed by atoms with Crippen LogP contribution in [-0.2, 0) is 19.7 Å². The van der Waals surface area contributed by atoms with Crippen LogP contribution in [0.2, 0.25) is 0 Å². The molecule has 0 radical (unpaired) electrons. The number of hydrogen-bond donors (Lipinski definition) is 1. The minimum absolute atomic E-state index is 0.0469. The first-order valence-electron chi connectivity index (χ1n) is 12.5. The van der Waals surface area contributed by atoms with Gasteiger partial charge >= 0.3 is 6.09 Å². The average Bonchev–Trinajstić information content (AvgIpc) is 2.83. The molecule has 11 heteroatoms. The molecule has 0 aromatic rings. The maximum atomic E-state index is 13.1. The van der Waals surface area contributed by atoms with Crippen molar-refractivity contribution in [3.63, 3.8) is 0 Å². The summed E-state index contributed by atoms with van der Waals surface area (Å²) in [6, 6.07) is 0. The van der Waals surface area contributed by atoms with Gasteiger partial charge in [-0.25, -0.2) is 4.79 Å². The topological polar surface area (TPSA) is 102 Å². The summed E-state index contributed by atoms with van der Waals surface area (Å²) in [4.78, 5) is 28.6. The van der Waals surface area contributed by atoms with Crippen molar-refractivity contribution < 1.29 is 22.7 Å². The Balaban J connectivity index is 1.41. The lowest BCUT2D eigenvalue weighted by Crippen LogP contribution is -2.56. The number of hydrogen-bond acceptors (Lipinski definition) is 6. The quantitative estimate of drug-likeness (QED) is 0.512. The van der Waals surface area contributed by atoms with Gasteiger partial charge in [0.15, 0.2) is 0 Å². The highest BCUT2D eigenvalue weighted by Crippen LogP contribution is 2.22. The van der Waals surface area contributed by atoms with E-state index < -0.39 is 16.3 Å². The highest BCUT2D eigenvalue weighted by atomic mass is 32.2. The molecule has 3 fully saturated rings. The van der Waals surface area contributed by atoms with Gasteiger partial charge in [-0.3, -0.25) is 4.79 Å². The number of ether oxygens (including phenoxy) is 1. The third-order valence-electron chi connectivity index (χ3n) is 7.00. The molecular weight excluding hydrogens is 446 g/mol. The molecule has 190 valence electrons. The molecule has 3 aliphatic rings. The monoisotopic (exact) mass is 487 g/mol. The Labute approximate surface area is 198 Å². The predicted molar refractivity (Wildman–Crippen MR) is 126 cm³/mol. The Kier molecular flexibility index (Phi) is 9.78. The smallest absolute Gasteiger partial charge is 0.409 e. The third-order valence-corrected chi connectivity index (χ3v) is 9.00. The van der Waals surface area contributed by atoms with Crippen LogP contribution in [0.5, 0.6) is 0 Å². The Morgan fingerprint density at radius 1 is 0.970 bits per heavy atom. The third kappa shape index (κ3) is 7.27. The second kappa shape index (κ2) is 12.3. The molecule has 0 aromatic carbocycles. The van der Waals surface area contributed by atoms with E-state index in [2.05, 4.69) is 17.1 Å². The molecule has 3 heterocycles. The van der Waals surface area contributed by atoms with Crippen molar-refractivity contribution in [1.82, 2.24) is 23.7 Å². The lowest BCUT2D eigenvalue weighted by atomic mass is 9.98. The number of piperidine rings is 2. The largest absolute Gasteiger partial charge is 0.450 e. The molecule has 3 aliphatic heterocycles. The average molecular weight is 488 g/mol. The van der Waals surface area contributed by atoms with Crippen molar-refractivity contribution in [3.8, 4) is 0 Å². The van der Waals surface area contributed by atoms with Gasteiger partial charge in [-0.2, -0.15) is 17.0 Å². The van der Waals surface area contributed by atoms with Crippen LogP contribution in [0.3, 0.4) is 0 Å². The number of nitrogens with one attached hydrogen (secondary N) is 1. The van der Waals surface area contributed by atoms with Gasteiger partial charge in [0, 0.05) is 45.8 Å². The van der Waals surface area contributed by atoms with Crippen LogP contribution >= 0.6 is 0 Å². The van der Waals surface area contributed by atoms with Crippen LogP contribution in [0.15, 0.2) is 0 Å². The van der Waals surface area contributed by atoms with Crippen LogP contribution in [0, 0.1) is 11.8 Å². The summed E-state index contributed by atoms with van der Waals surface area (Å²) in [7, 11) is -3.66. The van der Waals surface area contributed by atoms with E-state index in [9.17, 15) is 18.0 Å². The number of carbonyl (C=O) groups excluding carboxylic acids is 2. The SMILES string of the molecule is CCOC(=O)N1CCN(S(=O)(=O)N2CCC[C@@H](C(=O)NCCCN3CCC(C)CC3)C2)CC1. The van der Waals surface area contributed by atoms with Crippen LogP contribution in [0.25, 0.3) is 0 Å². The van der Waals surface area contributed by atoms with Gasteiger partial charge in [0.25, 0.3) is 10.2 Å². The maximum absolute atomic E-state index is 13.1. The molecule has 1 atom stereocenters. The lowest BCUT2D eigenvalue weighted by Gasteiger charge is -2.38. The Morgan fingerprint density at radius 3 is 2.33 bits per heavy atom. The minimum Gasteiger partial charge on any atom is -0.450 e. The number of rotatable bonds is 8. The van der Waals surface area contributed by atoms with E-state index in [1.165, 1.54) is 26.4 Å². The fourth-order valence-corrected chi connectivity index (χ4v) is 6.47. The fourth-order valence-electron chi connectivity index (χ4n) is 4.79. The van der Waals surface area contributed by atoms with E-state index in [0.717, 1.165) is 32.0 Å². The van der Waals surface area contributed by atoms with Crippen molar-refractivity contribution in [2.75, 3.05) is 72.1 Å². The van der Waals surface area contributed by atoms with Crippen molar-refractivity contribution in [3.05, 3.63) is 0 Å². The lowest BCUT2D eigenvalue weighted by molar-refractivity contribution is -0.126. The van der Waals surface area contributed by atoms with Crippen molar-refractivity contribution in [2.24, 2.45) is 11.8 Å². The zero-order valence-electron chi connectivity index (χ0n) is 20.2. The first kappa shape index (κ1) is 26.2. The molecule has 3 rings (SSSR count). The molecule has 0 saturated carbocycles. The molecule has 2 amide bonds. The van der Waals surface area contributed by atoms with Crippen molar-refractivity contribution >= 4 is 22.2 Å². The first-order valence-corrected chi connectivity index (χ1v) is 13.9. The van der Waals surface area contributed by atoms with Gasteiger partial charge in [0.05, 0.1) is 12.5 Å². The van der Waals surface area contributed by atoms with E-state index in [1.807, 2.05) is 0 Å². The van der Waals surface area contributed by atoms with Gasteiger partial charge in [-0.1, -0.05) is 6.92 Å². The molecular formula is C22H41N5O5S. The highest BCUT2D eigenvalue weighted by Gasteiger charge is 2.37. The van der Waals surface area contributed by atoms with Crippen molar-refractivity contribution in [1.29, 1.82) is 0 Å². The van der Waals surface area contributed by atoms with Crippen molar-refractivity contribution in [2.45, 2.75) is 46.0 Å². The van der Waals surface area contributed by atoms with Gasteiger partial charge < -0.3 is 19.9 Å². The molecule has 10 nitrogen and oxygen atoms in total. The molecule has 0 spiro atoms.